The predicted molar refractivity (Wildman–Crippen MR) is 82.1 cm³/mol. The van der Waals surface area contributed by atoms with Crippen LogP contribution >= 0.6 is 0 Å². The molecule has 1 aromatic heterocycles. The first-order valence-electron chi connectivity index (χ1n) is 7.64. The van der Waals surface area contributed by atoms with Gasteiger partial charge in [-0.25, -0.2) is 4.79 Å². The molecule has 24 heavy (non-hydrogen) atoms. The molecule has 2 fully saturated rings. The average molecular weight is 342 g/mol. The van der Waals surface area contributed by atoms with E-state index in [-0.39, 0.29) is 12.7 Å². The van der Waals surface area contributed by atoms with Crippen molar-refractivity contribution in [1.82, 2.24) is 9.55 Å². The highest BCUT2D eigenvalue weighted by atomic mass is 16.7. The summed E-state index contributed by atoms with van der Waals surface area (Å²) in [5.41, 5.74) is -1.50. The van der Waals surface area contributed by atoms with E-state index in [0.717, 1.165) is 0 Å². The highest BCUT2D eigenvalue weighted by molar-refractivity contribution is 5.11. The van der Waals surface area contributed by atoms with E-state index < -0.39 is 35.3 Å². The van der Waals surface area contributed by atoms with Gasteiger partial charge in [-0.3, -0.25) is 14.3 Å². The highest BCUT2D eigenvalue weighted by Gasteiger charge is 2.63. The third kappa shape index (κ3) is 2.44. The van der Waals surface area contributed by atoms with Gasteiger partial charge in [-0.1, -0.05) is 0 Å². The second-order valence-corrected chi connectivity index (χ2v) is 6.04. The van der Waals surface area contributed by atoms with Crippen LogP contribution in [0.3, 0.4) is 0 Å². The van der Waals surface area contributed by atoms with Crippen LogP contribution in [-0.2, 0) is 23.7 Å². The number of H-pyrrole nitrogens is 1. The summed E-state index contributed by atoms with van der Waals surface area (Å²) in [5, 5.41) is 0. The Morgan fingerprint density at radius 2 is 2.00 bits per heavy atom. The van der Waals surface area contributed by atoms with Crippen molar-refractivity contribution in [3.05, 3.63) is 32.6 Å². The first-order valence-corrected chi connectivity index (χ1v) is 7.64. The summed E-state index contributed by atoms with van der Waals surface area (Å²) >= 11 is 0. The fourth-order valence-corrected chi connectivity index (χ4v) is 3.55. The maximum atomic E-state index is 12.3. The molecule has 3 heterocycles. The Hall–Kier alpha value is -1.52. The van der Waals surface area contributed by atoms with Gasteiger partial charge in [-0.15, -0.1) is 0 Å². The van der Waals surface area contributed by atoms with Crippen molar-refractivity contribution in [2.24, 2.45) is 0 Å². The molecule has 1 spiro atoms. The lowest BCUT2D eigenvalue weighted by Crippen LogP contribution is -2.53. The van der Waals surface area contributed by atoms with Crippen molar-refractivity contribution >= 4 is 0 Å². The standard InChI is InChI=1S/C15H22N2O7/c1-8-5-17(14(19)16-12(8)18)13-10(21-3)11(22-4)15(24-13)7-23-6-9(15)20-2/h5,9-11,13H,6-7H2,1-4H3,(H,16,18,19)/t9-,10+,11?,13-,15-/m1/s1. The second kappa shape index (κ2) is 6.41. The summed E-state index contributed by atoms with van der Waals surface area (Å²) in [5.74, 6) is 0. The van der Waals surface area contributed by atoms with Crippen molar-refractivity contribution in [3.8, 4) is 0 Å². The van der Waals surface area contributed by atoms with Gasteiger partial charge in [-0.05, 0) is 6.92 Å². The van der Waals surface area contributed by atoms with Gasteiger partial charge in [-0.2, -0.15) is 0 Å². The second-order valence-electron chi connectivity index (χ2n) is 6.04. The number of hydrogen-bond donors (Lipinski definition) is 1. The molecule has 1 aromatic rings. The number of nitrogens with one attached hydrogen (secondary N) is 1. The van der Waals surface area contributed by atoms with Gasteiger partial charge >= 0.3 is 5.69 Å². The monoisotopic (exact) mass is 342 g/mol. The van der Waals surface area contributed by atoms with Crippen molar-refractivity contribution < 1.29 is 23.7 Å². The largest absolute Gasteiger partial charge is 0.376 e. The summed E-state index contributed by atoms with van der Waals surface area (Å²) < 4.78 is 29.8. The zero-order chi connectivity index (χ0) is 17.5. The van der Waals surface area contributed by atoms with Crippen LogP contribution in [0.4, 0.5) is 0 Å². The Balaban J connectivity index is 2.08. The van der Waals surface area contributed by atoms with Crippen molar-refractivity contribution in [1.29, 1.82) is 0 Å². The number of aromatic amines is 1. The predicted octanol–water partition coefficient (Wildman–Crippen LogP) is -0.812. The highest BCUT2D eigenvalue weighted by Crippen LogP contribution is 2.45. The van der Waals surface area contributed by atoms with E-state index in [2.05, 4.69) is 4.98 Å². The third-order valence-corrected chi connectivity index (χ3v) is 4.77. The van der Waals surface area contributed by atoms with Crippen LogP contribution in [0.5, 0.6) is 0 Å². The molecule has 2 aliphatic heterocycles. The van der Waals surface area contributed by atoms with Gasteiger partial charge in [0.2, 0.25) is 0 Å². The van der Waals surface area contributed by atoms with Gasteiger partial charge in [0.25, 0.3) is 5.56 Å². The number of aromatic nitrogens is 2. The molecule has 9 heteroatoms. The molecule has 2 aliphatic rings. The SMILES string of the molecule is COC1[C@H](OC)[C@H](n2cc(C)c(=O)[nH]c2=O)O[C@@]12COC[C@H]2OC. The molecule has 3 rings (SSSR count). The van der Waals surface area contributed by atoms with Gasteiger partial charge < -0.3 is 23.7 Å². The molecular weight excluding hydrogens is 320 g/mol. The fourth-order valence-electron chi connectivity index (χ4n) is 3.55. The van der Waals surface area contributed by atoms with Crippen LogP contribution < -0.4 is 11.2 Å². The van der Waals surface area contributed by atoms with Crippen LogP contribution in [0.2, 0.25) is 0 Å². The van der Waals surface area contributed by atoms with Gasteiger partial charge in [0.15, 0.2) is 11.8 Å². The minimum absolute atomic E-state index is 0.261. The molecule has 5 atom stereocenters. The van der Waals surface area contributed by atoms with E-state index in [1.807, 2.05) is 0 Å². The third-order valence-electron chi connectivity index (χ3n) is 4.77. The number of rotatable bonds is 4. The minimum atomic E-state index is -0.891. The first kappa shape index (κ1) is 17.3. The zero-order valence-electron chi connectivity index (χ0n) is 14.1. The molecule has 1 unspecified atom stereocenters. The van der Waals surface area contributed by atoms with Gasteiger partial charge in [0, 0.05) is 33.1 Å². The van der Waals surface area contributed by atoms with Crippen LogP contribution in [0.1, 0.15) is 11.8 Å². The lowest BCUT2D eigenvalue weighted by molar-refractivity contribution is -0.157. The maximum absolute atomic E-state index is 12.3. The Morgan fingerprint density at radius 3 is 2.62 bits per heavy atom. The summed E-state index contributed by atoms with van der Waals surface area (Å²) in [6.45, 7) is 2.24. The van der Waals surface area contributed by atoms with E-state index in [1.165, 1.54) is 17.9 Å². The molecular formula is C15H22N2O7. The normalized spacial score (nSPS) is 35.8. The minimum Gasteiger partial charge on any atom is -0.376 e. The zero-order valence-corrected chi connectivity index (χ0v) is 14.1. The first-order chi connectivity index (χ1) is 11.5. The van der Waals surface area contributed by atoms with E-state index in [4.69, 9.17) is 23.7 Å². The molecule has 0 bridgehead atoms. The van der Waals surface area contributed by atoms with Crippen LogP contribution in [-0.4, -0.2) is 68.0 Å². The Labute approximate surface area is 138 Å². The molecule has 0 saturated carbocycles. The topological polar surface area (TPSA) is 101 Å². The van der Waals surface area contributed by atoms with Crippen molar-refractivity contribution in [3.63, 3.8) is 0 Å². The number of aryl methyl sites for hydroxylation is 1. The van der Waals surface area contributed by atoms with Crippen LogP contribution in [0, 0.1) is 6.92 Å². The molecule has 0 amide bonds. The average Bonchev–Trinajstić information content (AvgIpc) is 3.11. The van der Waals surface area contributed by atoms with Crippen molar-refractivity contribution in [2.75, 3.05) is 34.5 Å². The summed E-state index contributed by atoms with van der Waals surface area (Å²) in [6.07, 6.45) is -0.746. The Morgan fingerprint density at radius 1 is 1.25 bits per heavy atom. The number of hydrogen-bond acceptors (Lipinski definition) is 7. The van der Waals surface area contributed by atoms with Crippen LogP contribution in [0.15, 0.2) is 15.8 Å². The van der Waals surface area contributed by atoms with E-state index in [9.17, 15) is 9.59 Å². The summed E-state index contributed by atoms with van der Waals surface area (Å²) in [7, 11) is 4.64. The lowest BCUT2D eigenvalue weighted by Gasteiger charge is -2.32. The molecule has 2 saturated heterocycles. The summed E-state index contributed by atoms with van der Waals surface area (Å²) in [6, 6.07) is 0. The lowest BCUT2D eigenvalue weighted by atomic mass is 9.91. The fraction of sp³-hybridized carbons (Fsp3) is 0.733. The van der Waals surface area contributed by atoms with Crippen molar-refractivity contribution in [2.45, 2.75) is 37.1 Å². The maximum Gasteiger partial charge on any atom is 0.330 e. The Kier molecular flexibility index (Phi) is 4.63. The number of ether oxygens (including phenoxy) is 5. The molecule has 134 valence electrons. The molecule has 0 radical (unpaired) electrons. The van der Waals surface area contributed by atoms with E-state index in [0.29, 0.717) is 12.2 Å². The van der Waals surface area contributed by atoms with Gasteiger partial charge in [0.1, 0.15) is 18.3 Å². The molecule has 1 N–H and O–H groups in total. The van der Waals surface area contributed by atoms with E-state index >= 15 is 0 Å². The molecule has 9 nitrogen and oxygen atoms in total. The Bertz CT molecular complexity index is 715. The number of methoxy groups -OCH3 is 3. The van der Waals surface area contributed by atoms with Gasteiger partial charge in [0.05, 0.1) is 13.2 Å². The quantitative estimate of drug-likeness (QED) is 0.763. The molecule has 0 aliphatic carbocycles. The smallest absolute Gasteiger partial charge is 0.330 e. The van der Waals surface area contributed by atoms with Crippen LogP contribution in [0.25, 0.3) is 0 Å². The molecule has 0 aromatic carbocycles. The van der Waals surface area contributed by atoms with E-state index in [1.54, 1.807) is 21.1 Å². The number of nitrogens with zero attached hydrogens (tertiary/aromatic N) is 1. The summed E-state index contributed by atoms with van der Waals surface area (Å²) in [4.78, 5) is 26.2.